The summed E-state index contributed by atoms with van der Waals surface area (Å²) in [5.41, 5.74) is 18.8. The van der Waals surface area contributed by atoms with Crippen molar-refractivity contribution >= 4 is 33.5 Å². The minimum absolute atomic E-state index is 0.00330. The molecule has 0 amide bonds. The van der Waals surface area contributed by atoms with Crippen molar-refractivity contribution in [2.45, 2.75) is 202 Å². The predicted molar refractivity (Wildman–Crippen MR) is 334 cm³/mol. The maximum atomic E-state index is 7.43. The quantitative estimate of drug-likeness (QED) is 0.160. The maximum Gasteiger partial charge on any atom is 0.145 e. The first-order chi connectivity index (χ1) is 36.1. The summed E-state index contributed by atoms with van der Waals surface area (Å²) in [6.07, 6.45) is 1.95. The van der Waals surface area contributed by atoms with Crippen LogP contribution in [0.4, 0.5) is 5.69 Å². The monoisotopic (exact) mass is 1040 g/mol. The van der Waals surface area contributed by atoms with Crippen molar-refractivity contribution in [1.29, 1.82) is 0 Å². The van der Waals surface area contributed by atoms with Crippen LogP contribution in [0.5, 0.6) is 11.5 Å². The smallest absolute Gasteiger partial charge is 0.145 e. The van der Waals surface area contributed by atoms with Gasteiger partial charge in [0.05, 0.1) is 22.4 Å². The van der Waals surface area contributed by atoms with E-state index in [0.29, 0.717) is 0 Å². The molecule has 0 N–H and O–H groups in total. The van der Waals surface area contributed by atoms with Crippen LogP contribution in [-0.2, 0) is 38.2 Å². The standard InChI is InChI=1S/C73H88N4O/c1-43(2)55-24-23-25-56(44(3)4)64(55)77-65(75-72(21)60-29-26-47(67(6,7)8)39-57(60)58-40-48(68(9,10)11)27-30-61(58)73(72,77)22)46-34-50(70(15,16)17)37-53(35-46)78-54-38-51(71(18,19)20)36-52(42-54)76-62-31-28-49(69(12,13)14)41-59(62)63-45(5)32-33-74-66(63)76/h23-44H,1-22H3/t72-,73+/m1/s1. The summed E-state index contributed by atoms with van der Waals surface area (Å²) in [5, 5.41) is 2.40. The molecule has 6 aromatic carbocycles. The van der Waals surface area contributed by atoms with Gasteiger partial charge in [-0.3, -0.25) is 9.56 Å². The summed E-state index contributed by atoms with van der Waals surface area (Å²) < 4.78 is 9.78. The lowest BCUT2D eigenvalue weighted by molar-refractivity contribution is 0.292. The number of para-hydroxylation sites is 1. The van der Waals surface area contributed by atoms with Crippen LogP contribution in [-0.4, -0.2) is 15.4 Å². The molecular formula is C73H88N4O. The van der Waals surface area contributed by atoms with Gasteiger partial charge in [0.1, 0.15) is 28.5 Å². The van der Waals surface area contributed by atoms with Crippen molar-refractivity contribution in [3.05, 3.63) is 183 Å². The van der Waals surface area contributed by atoms with Crippen molar-refractivity contribution in [2.24, 2.45) is 4.99 Å². The molecule has 5 nitrogen and oxygen atoms in total. The number of hydrogen-bond donors (Lipinski definition) is 0. The van der Waals surface area contributed by atoms with Crippen LogP contribution >= 0.6 is 0 Å². The van der Waals surface area contributed by atoms with E-state index in [1.54, 1.807) is 0 Å². The van der Waals surface area contributed by atoms with Gasteiger partial charge in [-0.15, -0.1) is 0 Å². The number of aromatic nitrogens is 2. The van der Waals surface area contributed by atoms with E-state index in [0.717, 1.165) is 39.7 Å². The van der Waals surface area contributed by atoms with Crippen molar-refractivity contribution in [3.63, 3.8) is 0 Å². The Morgan fingerprint density at radius 2 is 1.01 bits per heavy atom. The van der Waals surface area contributed by atoms with Crippen LogP contribution in [0.3, 0.4) is 0 Å². The van der Waals surface area contributed by atoms with Crippen molar-refractivity contribution in [3.8, 4) is 28.3 Å². The average Bonchev–Trinajstić information content (AvgIpc) is 2.40. The number of ether oxygens (including phenoxy) is 1. The largest absolute Gasteiger partial charge is 0.457 e. The fourth-order valence-corrected chi connectivity index (χ4v) is 12.5. The number of hydrogen-bond acceptors (Lipinski definition) is 4. The summed E-state index contributed by atoms with van der Waals surface area (Å²) in [5.74, 6) is 3.01. The van der Waals surface area contributed by atoms with Crippen LogP contribution in [0.2, 0.25) is 0 Å². The van der Waals surface area contributed by atoms with Crippen molar-refractivity contribution in [2.75, 3.05) is 4.90 Å². The number of benzene rings is 6. The van der Waals surface area contributed by atoms with Crippen LogP contribution in [0.15, 0.2) is 126 Å². The molecule has 3 heterocycles. The van der Waals surface area contributed by atoms with Crippen LogP contribution in [0.25, 0.3) is 38.8 Å². The topological polar surface area (TPSA) is 42.6 Å². The zero-order chi connectivity index (χ0) is 56.8. The van der Waals surface area contributed by atoms with E-state index >= 15 is 0 Å². The van der Waals surface area contributed by atoms with Gasteiger partial charge in [-0.05, 0) is 175 Å². The molecule has 0 spiro atoms. The molecule has 406 valence electrons. The van der Waals surface area contributed by atoms with Gasteiger partial charge in [0.2, 0.25) is 0 Å². The minimum Gasteiger partial charge on any atom is -0.457 e. The van der Waals surface area contributed by atoms with Crippen molar-refractivity contribution in [1.82, 2.24) is 9.55 Å². The molecule has 2 aliphatic rings. The van der Waals surface area contributed by atoms with E-state index in [1.165, 1.54) is 83.2 Å². The van der Waals surface area contributed by atoms with Gasteiger partial charge in [0.15, 0.2) is 0 Å². The molecule has 0 fully saturated rings. The summed E-state index contributed by atoms with van der Waals surface area (Å²) >= 11 is 0. The van der Waals surface area contributed by atoms with E-state index < -0.39 is 11.1 Å². The Bertz CT molecular complexity index is 3710. The molecule has 2 atom stereocenters. The molecule has 1 aliphatic carbocycles. The molecule has 0 unspecified atom stereocenters. The molecule has 5 heteroatoms. The molecule has 0 saturated heterocycles. The predicted octanol–water partition coefficient (Wildman–Crippen LogP) is 20.1. The number of fused-ring (bicyclic) bond motifs is 9. The Morgan fingerprint density at radius 1 is 0.513 bits per heavy atom. The lowest BCUT2D eigenvalue weighted by atomic mass is 9.62. The molecule has 78 heavy (non-hydrogen) atoms. The second-order valence-corrected chi connectivity index (χ2v) is 29.2. The first kappa shape index (κ1) is 54.9. The number of amidine groups is 1. The lowest BCUT2D eigenvalue weighted by Crippen LogP contribution is -2.55. The van der Waals surface area contributed by atoms with Gasteiger partial charge >= 0.3 is 0 Å². The van der Waals surface area contributed by atoms with Gasteiger partial charge in [-0.1, -0.05) is 192 Å². The maximum absolute atomic E-state index is 7.43. The van der Waals surface area contributed by atoms with Gasteiger partial charge in [-0.25, -0.2) is 4.98 Å². The molecular weight excluding hydrogens is 949 g/mol. The first-order valence-electron chi connectivity index (χ1n) is 28.9. The highest BCUT2D eigenvalue weighted by atomic mass is 16.5. The van der Waals surface area contributed by atoms with Crippen molar-refractivity contribution < 1.29 is 4.74 Å². The summed E-state index contributed by atoms with van der Waals surface area (Å²) in [6, 6.07) is 44.4. The number of rotatable bonds is 7. The SMILES string of the molecule is Cc1ccnc2c1c1cc(C(C)(C)C)ccc1n2-c1cc(Oc2cc(C3=N[C@]4(C)c5ccc(C(C)(C)C)cc5-c5cc(C(C)(C)C)ccc5[C@]4(C)N3c3c(C(C)C)cccc3C(C)C)cc(C(C)(C)C)c2)cc(C(C)(C)C)c1. The molecule has 0 bridgehead atoms. The van der Waals surface area contributed by atoms with Gasteiger partial charge in [0, 0.05) is 28.6 Å². The number of aryl methyl sites for hydroxylation is 1. The molecule has 1 aliphatic heterocycles. The van der Waals surface area contributed by atoms with E-state index in [1.807, 2.05) is 6.20 Å². The number of nitrogens with zero attached hydrogens (tertiary/aromatic N) is 4. The van der Waals surface area contributed by atoms with Gasteiger partial charge in [0.25, 0.3) is 0 Å². The average molecular weight is 1040 g/mol. The summed E-state index contributed by atoms with van der Waals surface area (Å²) in [4.78, 5) is 14.1. The molecule has 8 aromatic rings. The van der Waals surface area contributed by atoms with E-state index in [-0.39, 0.29) is 38.9 Å². The first-order valence-corrected chi connectivity index (χ1v) is 28.9. The number of pyridine rings is 1. The third-order valence-electron chi connectivity index (χ3n) is 17.6. The molecule has 10 rings (SSSR count). The summed E-state index contributed by atoms with van der Waals surface area (Å²) in [6.45, 7) is 51.1. The second kappa shape index (κ2) is 18.3. The Labute approximate surface area is 468 Å². The van der Waals surface area contributed by atoms with Gasteiger partial charge in [-0.2, -0.15) is 0 Å². The second-order valence-electron chi connectivity index (χ2n) is 29.2. The highest BCUT2D eigenvalue weighted by Gasteiger charge is 2.62. The Morgan fingerprint density at radius 3 is 1.56 bits per heavy atom. The Kier molecular flexibility index (Phi) is 12.9. The van der Waals surface area contributed by atoms with E-state index in [4.69, 9.17) is 14.7 Å². The van der Waals surface area contributed by atoms with Crippen LogP contribution in [0, 0.1) is 6.92 Å². The van der Waals surface area contributed by atoms with Crippen LogP contribution < -0.4 is 9.64 Å². The fourth-order valence-electron chi connectivity index (χ4n) is 12.5. The molecule has 0 radical (unpaired) electrons. The number of aliphatic imine (C=N–C) groups is 1. The normalized spacial score (nSPS) is 18.0. The fraction of sp³-hybridized carbons (Fsp3) is 0.425. The van der Waals surface area contributed by atoms with E-state index in [2.05, 4.69) is 277 Å². The zero-order valence-electron chi connectivity index (χ0n) is 51.4. The third-order valence-corrected chi connectivity index (χ3v) is 17.6. The highest BCUT2D eigenvalue weighted by Crippen LogP contribution is 2.63. The minimum atomic E-state index is -0.709. The third kappa shape index (κ3) is 9.00. The van der Waals surface area contributed by atoms with E-state index in [9.17, 15) is 0 Å². The highest BCUT2D eigenvalue weighted by molar-refractivity contribution is 6.15. The zero-order valence-corrected chi connectivity index (χ0v) is 51.4. The summed E-state index contributed by atoms with van der Waals surface area (Å²) in [7, 11) is 0. The Balaban J connectivity index is 1.24. The van der Waals surface area contributed by atoms with Gasteiger partial charge < -0.3 is 9.64 Å². The lowest BCUT2D eigenvalue weighted by Gasteiger charge is -2.51. The molecule has 2 aromatic heterocycles. The Hall–Kier alpha value is -6.46. The number of anilines is 1. The van der Waals surface area contributed by atoms with Crippen LogP contribution in [0.1, 0.15) is 218 Å². The molecule has 0 saturated carbocycles.